The number of carbonyl (C=O) groups is 2. The summed E-state index contributed by atoms with van der Waals surface area (Å²) >= 11 is 1.30. The topological polar surface area (TPSA) is 99.0 Å². The Balaban J connectivity index is 1.64. The van der Waals surface area contributed by atoms with E-state index in [-0.39, 0.29) is 30.1 Å². The minimum absolute atomic E-state index is 0.00910. The standard InChI is InChI=1S/C15H16N2O6S/c1-2-23-15(9-16-12(18)7-13(16)24-15)14(19)22-8-10-3-5-11(6-4-10)17(20)21/h3-6,13H,2,7-9H2,1H3/t13-,15?/m1/s1. The number of benzene rings is 1. The van der Waals surface area contributed by atoms with Crippen LogP contribution in [-0.2, 0) is 25.7 Å². The van der Waals surface area contributed by atoms with Crippen LogP contribution in [0.1, 0.15) is 18.9 Å². The number of nitrogens with zero attached hydrogens (tertiary/aromatic N) is 2. The Kier molecular flexibility index (Phi) is 4.46. The predicted octanol–water partition coefficient (Wildman–Crippen LogP) is 1.68. The monoisotopic (exact) mass is 352 g/mol. The van der Waals surface area contributed by atoms with E-state index in [1.54, 1.807) is 11.8 Å². The number of nitro groups is 1. The van der Waals surface area contributed by atoms with Gasteiger partial charge in [0, 0.05) is 18.7 Å². The number of ether oxygens (including phenoxy) is 2. The smallest absolute Gasteiger partial charge is 0.351 e. The van der Waals surface area contributed by atoms with Gasteiger partial charge in [0.15, 0.2) is 0 Å². The van der Waals surface area contributed by atoms with Crippen molar-refractivity contribution in [3.05, 3.63) is 39.9 Å². The van der Waals surface area contributed by atoms with Crippen molar-refractivity contribution < 1.29 is 24.0 Å². The Bertz CT molecular complexity index is 679. The lowest BCUT2D eigenvalue weighted by Gasteiger charge is -2.32. The van der Waals surface area contributed by atoms with Crippen molar-refractivity contribution in [2.75, 3.05) is 13.2 Å². The highest BCUT2D eigenvalue weighted by molar-refractivity contribution is 8.02. The summed E-state index contributed by atoms with van der Waals surface area (Å²) in [7, 11) is 0. The van der Waals surface area contributed by atoms with E-state index in [9.17, 15) is 19.7 Å². The molecule has 9 heteroatoms. The molecule has 2 aliphatic rings. The first-order valence-corrected chi connectivity index (χ1v) is 8.35. The van der Waals surface area contributed by atoms with Crippen LogP contribution in [0.15, 0.2) is 24.3 Å². The largest absolute Gasteiger partial charge is 0.458 e. The SMILES string of the molecule is CCOC1(C(=O)OCc2ccc([N+](=O)[O-])cc2)CN2C(=O)C[C@H]2S1. The Morgan fingerprint density at radius 3 is 2.71 bits per heavy atom. The van der Waals surface area contributed by atoms with Crippen LogP contribution in [0.3, 0.4) is 0 Å². The van der Waals surface area contributed by atoms with Gasteiger partial charge in [-0.05, 0) is 24.6 Å². The van der Waals surface area contributed by atoms with Gasteiger partial charge in [0.05, 0.1) is 23.3 Å². The zero-order valence-corrected chi connectivity index (χ0v) is 13.8. The molecule has 1 amide bonds. The van der Waals surface area contributed by atoms with Gasteiger partial charge < -0.3 is 14.4 Å². The van der Waals surface area contributed by atoms with Gasteiger partial charge in [-0.2, -0.15) is 0 Å². The van der Waals surface area contributed by atoms with Gasteiger partial charge in [-0.25, -0.2) is 4.79 Å². The van der Waals surface area contributed by atoms with Gasteiger partial charge in [0.1, 0.15) is 6.61 Å². The van der Waals surface area contributed by atoms with Crippen LogP contribution >= 0.6 is 11.8 Å². The number of thioether (sulfide) groups is 1. The van der Waals surface area contributed by atoms with Crippen LogP contribution < -0.4 is 0 Å². The molecule has 1 aromatic rings. The van der Waals surface area contributed by atoms with Crippen molar-refractivity contribution in [2.24, 2.45) is 0 Å². The quantitative estimate of drug-likeness (QED) is 0.332. The lowest BCUT2D eigenvalue weighted by atomic mass is 10.2. The van der Waals surface area contributed by atoms with Crippen LogP contribution in [-0.4, -0.2) is 45.2 Å². The zero-order valence-electron chi connectivity index (χ0n) is 13.0. The number of carbonyl (C=O) groups excluding carboxylic acids is 2. The molecule has 0 bridgehead atoms. The van der Waals surface area contributed by atoms with Crippen molar-refractivity contribution >= 4 is 29.3 Å². The van der Waals surface area contributed by atoms with Crippen LogP contribution in [0.2, 0.25) is 0 Å². The molecule has 0 aliphatic carbocycles. The highest BCUT2D eigenvalue weighted by Crippen LogP contribution is 2.48. The van der Waals surface area contributed by atoms with E-state index in [1.807, 2.05) is 0 Å². The van der Waals surface area contributed by atoms with Crippen LogP contribution in [0.5, 0.6) is 0 Å². The average Bonchev–Trinajstić information content (AvgIpc) is 2.87. The van der Waals surface area contributed by atoms with Gasteiger partial charge in [0.2, 0.25) is 10.8 Å². The highest BCUT2D eigenvalue weighted by Gasteiger charge is 2.58. The summed E-state index contributed by atoms with van der Waals surface area (Å²) in [6, 6.07) is 5.79. The second-order valence-corrected chi connectivity index (χ2v) is 6.92. The molecule has 0 spiro atoms. The number of amides is 1. The summed E-state index contributed by atoms with van der Waals surface area (Å²) in [5, 5.41) is 10.6. The Hall–Kier alpha value is -2.13. The minimum atomic E-state index is -1.19. The van der Waals surface area contributed by atoms with Crippen molar-refractivity contribution in [2.45, 2.75) is 30.3 Å². The third kappa shape index (κ3) is 2.96. The number of esters is 1. The molecule has 2 heterocycles. The number of nitro benzene ring substituents is 1. The predicted molar refractivity (Wildman–Crippen MR) is 85.0 cm³/mol. The third-order valence-electron chi connectivity index (χ3n) is 3.93. The van der Waals surface area contributed by atoms with Gasteiger partial charge in [-0.1, -0.05) is 11.8 Å². The number of fused-ring (bicyclic) bond motifs is 1. The molecule has 0 saturated carbocycles. The van der Waals surface area contributed by atoms with Crippen molar-refractivity contribution in [1.29, 1.82) is 0 Å². The molecular formula is C15H16N2O6S. The highest BCUT2D eigenvalue weighted by atomic mass is 32.2. The molecule has 2 atom stereocenters. The fourth-order valence-corrected chi connectivity index (χ4v) is 4.20. The van der Waals surface area contributed by atoms with E-state index >= 15 is 0 Å². The van der Waals surface area contributed by atoms with Crippen LogP contribution in [0.4, 0.5) is 5.69 Å². The second-order valence-electron chi connectivity index (χ2n) is 5.48. The maximum absolute atomic E-state index is 12.5. The van der Waals surface area contributed by atoms with Crippen LogP contribution in [0.25, 0.3) is 0 Å². The molecule has 1 unspecified atom stereocenters. The Morgan fingerprint density at radius 2 is 2.17 bits per heavy atom. The molecule has 0 aromatic heterocycles. The van der Waals surface area contributed by atoms with Crippen molar-refractivity contribution in [3.63, 3.8) is 0 Å². The first kappa shape index (κ1) is 16.7. The number of non-ortho nitro benzene ring substituents is 1. The molecule has 24 heavy (non-hydrogen) atoms. The molecule has 2 fully saturated rings. The summed E-state index contributed by atoms with van der Waals surface area (Å²) in [5.74, 6) is -0.521. The van der Waals surface area contributed by atoms with Gasteiger partial charge >= 0.3 is 5.97 Å². The summed E-state index contributed by atoms with van der Waals surface area (Å²) in [6.45, 7) is 2.29. The number of hydrogen-bond acceptors (Lipinski definition) is 7. The molecule has 0 radical (unpaired) electrons. The molecule has 8 nitrogen and oxygen atoms in total. The van der Waals surface area contributed by atoms with E-state index < -0.39 is 15.8 Å². The van der Waals surface area contributed by atoms with E-state index in [0.29, 0.717) is 18.6 Å². The van der Waals surface area contributed by atoms with E-state index in [0.717, 1.165) is 0 Å². The molecule has 1 aromatic carbocycles. The summed E-state index contributed by atoms with van der Waals surface area (Å²) < 4.78 is 11.0. The number of β-lactam (4-membered cyclic amide) rings is 1. The molecular weight excluding hydrogens is 336 g/mol. The van der Waals surface area contributed by atoms with E-state index in [1.165, 1.54) is 36.0 Å². The van der Waals surface area contributed by atoms with Crippen LogP contribution in [0, 0.1) is 10.1 Å². The summed E-state index contributed by atoms with van der Waals surface area (Å²) in [5.41, 5.74) is 0.619. The summed E-state index contributed by atoms with van der Waals surface area (Å²) in [6.07, 6.45) is 0.412. The first-order chi connectivity index (χ1) is 11.4. The molecule has 2 saturated heterocycles. The van der Waals surface area contributed by atoms with Crippen molar-refractivity contribution in [3.8, 4) is 0 Å². The lowest BCUT2D eigenvalue weighted by molar-refractivity contribution is -0.384. The van der Waals surface area contributed by atoms with Crippen molar-refractivity contribution in [1.82, 2.24) is 4.90 Å². The van der Waals surface area contributed by atoms with E-state index in [2.05, 4.69) is 0 Å². The zero-order chi connectivity index (χ0) is 17.3. The maximum Gasteiger partial charge on any atom is 0.351 e. The Labute approximate surface area is 142 Å². The molecule has 128 valence electrons. The number of hydrogen-bond donors (Lipinski definition) is 0. The van der Waals surface area contributed by atoms with Gasteiger partial charge in [-0.3, -0.25) is 14.9 Å². The van der Waals surface area contributed by atoms with E-state index in [4.69, 9.17) is 9.47 Å². The number of rotatable bonds is 6. The van der Waals surface area contributed by atoms with Gasteiger partial charge in [0.25, 0.3) is 5.69 Å². The third-order valence-corrected chi connectivity index (χ3v) is 5.42. The molecule has 0 N–H and O–H groups in total. The molecule has 3 rings (SSSR count). The fourth-order valence-electron chi connectivity index (χ4n) is 2.66. The minimum Gasteiger partial charge on any atom is -0.458 e. The van der Waals surface area contributed by atoms with Gasteiger partial charge in [-0.15, -0.1) is 0 Å². The Morgan fingerprint density at radius 1 is 1.46 bits per heavy atom. The summed E-state index contributed by atoms with van der Waals surface area (Å²) in [4.78, 5) is 34.6. The lowest BCUT2D eigenvalue weighted by Crippen LogP contribution is -2.49. The molecule has 2 aliphatic heterocycles. The first-order valence-electron chi connectivity index (χ1n) is 7.47. The second kappa shape index (κ2) is 6.40. The maximum atomic E-state index is 12.5. The average molecular weight is 352 g/mol. The normalized spacial score (nSPS) is 25.1. The fraction of sp³-hybridized carbons (Fsp3) is 0.467.